The van der Waals surface area contributed by atoms with Gasteiger partial charge in [-0.15, -0.1) is 0 Å². The van der Waals surface area contributed by atoms with Crippen molar-refractivity contribution in [1.82, 2.24) is 5.32 Å². The summed E-state index contributed by atoms with van der Waals surface area (Å²) in [6, 6.07) is -0.895. The largest absolute Gasteiger partial charge is 0.472 e. The van der Waals surface area contributed by atoms with Crippen LogP contribution in [0, 0.1) is 0 Å². The summed E-state index contributed by atoms with van der Waals surface area (Å²) in [7, 11) is 1.50. The predicted octanol–water partition coefficient (Wildman–Crippen LogP) is 10.2. The van der Waals surface area contributed by atoms with Gasteiger partial charge in [0.15, 0.2) is 0 Å². The number of aliphatic hydroxyl groups excluding tert-OH is 1. The van der Waals surface area contributed by atoms with Crippen molar-refractivity contribution >= 4 is 13.7 Å². The number of hydrogen-bond donors (Lipinski definition) is 3. The number of amides is 1. The number of nitrogens with one attached hydrogen (secondary N) is 1. The highest BCUT2D eigenvalue weighted by Gasteiger charge is 2.27. The number of allylic oxidation sites excluding steroid dienone is 13. The van der Waals surface area contributed by atoms with Gasteiger partial charge in [-0.3, -0.25) is 13.8 Å². The van der Waals surface area contributed by atoms with Crippen LogP contribution in [0.25, 0.3) is 0 Å². The molecule has 1 amide bonds. The number of quaternary nitrogens is 1. The third-order valence-corrected chi connectivity index (χ3v) is 8.83. The average Bonchev–Trinajstić information content (AvgIpc) is 3.07. The predicted molar refractivity (Wildman–Crippen MR) is 216 cm³/mol. The van der Waals surface area contributed by atoms with E-state index in [0.29, 0.717) is 17.4 Å². The van der Waals surface area contributed by atoms with Crippen molar-refractivity contribution in [2.45, 2.75) is 135 Å². The minimum Gasteiger partial charge on any atom is -0.387 e. The van der Waals surface area contributed by atoms with Crippen LogP contribution < -0.4 is 5.32 Å². The van der Waals surface area contributed by atoms with Crippen molar-refractivity contribution in [2.75, 3.05) is 40.9 Å². The summed E-state index contributed by atoms with van der Waals surface area (Å²) in [5, 5.41) is 13.7. The van der Waals surface area contributed by atoms with E-state index in [-0.39, 0.29) is 25.5 Å². The molecule has 0 bridgehead atoms. The molecule has 0 aromatic rings. The van der Waals surface area contributed by atoms with Crippen LogP contribution in [0.1, 0.15) is 123 Å². The Morgan fingerprint density at radius 2 is 1.20 bits per heavy atom. The molecule has 0 aliphatic heterocycles. The van der Waals surface area contributed by atoms with Crippen molar-refractivity contribution in [3.63, 3.8) is 0 Å². The number of phosphoric acid groups is 1. The van der Waals surface area contributed by atoms with E-state index in [2.05, 4.69) is 92.1 Å². The number of rotatable bonds is 33. The monoisotopic (exact) mass is 734 g/mol. The second-order valence-electron chi connectivity index (χ2n) is 13.9. The van der Waals surface area contributed by atoms with Gasteiger partial charge in [0, 0.05) is 6.42 Å². The molecule has 0 aromatic carbocycles. The zero-order valence-electron chi connectivity index (χ0n) is 32.8. The van der Waals surface area contributed by atoms with E-state index < -0.39 is 20.0 Å². The van der Waals surface area contributed by atoms with Crippen LogP contribution in [0.5, 0.6) is 0 Å². The average molecular weight is 734 g/mol. The molecule has 9 heteroatoms. The topological polar surface area (TPSA) is 105 Å². The van der Waals surface area contributed by atoms with Gasteiger partial charge in [0.1, 0.15) is 13.2 Å². The number of hydrogen-bond acceptors (Lipinski definition) is 5. The lowest BCUT2D eigenvalue weighted by molar-refractivity contribution is -0.870. The van der Waals surface area contributed by atoms with Crippen molar-refractivity contribution in [3.8, 4) is 0 Å². The summed E-state index contributed by atoms with van der Waals surface area (Å²) in [6.45, 7) is 4.57. The van der Waals surface area contributed by atoms with Crippen LogP contribution in [0.2, 0.25) is 0 Å². The molecule has 3 N–H and O–H groups in total. The Morgan fingerprint density at radius 1 is 0.686 bits per heavy atom. The van der Waals surface area contributed by atoms with Gasteiger partial charge in [0.2, 0.25) is 5.91 Å². The molecule has 51 heavy (non-hydrogen) atoms. The summed E-state index contributed by atoms with van der Waals surface area (Å²) in [6.07, 6.45) is 45.2. The molecule has 0 fully saturated rings. The molecule has 0 rings (SSSR count). The van der Waals surface area contributed by atoms with Crippen molar-refractivity contribution in [1.29, 1.82) is 0 Å². The number of likely N-dealkylation sites (N-methyl/N-ethyl adjacent to an activating group) is 1. The fourth-order valence-electron chi connectivity index (χ4n) is 4.74. The summed E-state index contributed by atoms with van der Waals surface area (Å²) in [5.41, 5.74) is 0. The maximum Gasteiger partial charge on any atom is 0.472 e. The van der Waals surface area contributed by atoms with Gasteiger partial charge in [-0.1, -0.05) is 131 Å². The lowest BCUT2D eigenvalue weighted by Crippen LogP contribution is -2.45. The second-order valence-corrected chi connectivity index (χ2v) is 15.4. The van der Waals surface area contributed by atoms with Gasteiger partial charge in [0.25, 0.3) is 0 Å². The molecule has 3 atom stereocenters. The first-order valence-electron chi connectivity index (χ1n) is 19.5. The van der Waals surface area contributed by atoms with Gasteiger partial charge in [-0.25, -0.2) is 4.57 Å². The Kier molecular flexibility index (Phi) is 32.0. The van der Waals surface area contributed by atoms with E-state index in [0.717, 1.165) is 57.8 Å². The lowest BCUT2D eigenvalue weighted by atomic mass is 10.1. The minimum atomic E-state index is -4.36. The third-order valence-electron chi connectivity index (χ3n) is 7.85. The molecule has 0 saturated heterocycles. The molecule has 0 aromatic heterocycles. The first-order chi connectivity index (χ1) is 24.5. The van der Waals surface area contributed by atoms with E-state index in [1.54, 1.807) is 6.08 Å². The fourth-order valence-corrected chi connectivity index (χ4v) is 5.47. The highest BCUT2D eigenvalue weighted by atomic mass is 31.2. The third kappa shape index (κ3) is 35.9. The van der Waals surface area contributed by atoms with Crippen molar-refractivity contribution in [2.24, 2.45) is 0 Å². The van der Waals surface area contributed by atoms with E-state index >= 15 is 0 Å². The minimum absolute atomic E-state index is 0.0406. The standard InChI is InChI=1S/C42H73N2O6P/c1-6-8-10-12-14-16-18-20-21-22-23-24-26-28-30-32-34-36-42(46)43-40(39-50-51(47,48)49-38-37-44(3,4)5)41(45)35-33-31-29-27-25-19-17-15-13-11-9-7-2/h8,10,14,16,20-21,23-25,27-28,30,33,35,40-41,45H,6-7,9,11-13,15,17-19,22,26,29,31-32,34,36-39H2,1-5H3,(H-,43,46,47,48)/p+1/b10-8-,16-14-,21-20-,24-23-,27-25+,30-28-,35-33+. The molecule has 0 saturated carbocycles. The lowest BCUT2D eigenvalue weighted by Gasteiger charge is -2.25. The number of carbonyl (C=O) groups excluding carboxylic acids is 1. The fraction of sp³-hybridized carbons (Fsp3) is 0.643. The van der Waals surface area contributed by atoms with E-state index in [1.165, 1.54) is 38.5 Å². The molecule has 0 aliphatic carbocycles. The zero-order chi connectivity index (χ0) is 37.9. The number of carbonyl (C=O) groups is 1. The highest BCUT2D eigenvalue weighted by Crippen LogP contribution is 2.43. The normalized spacial score (nSPS) is 15.5. The Bertz CT molecular complexity index is 1100. The molecule has 0 radical (unpaired) electrons. The summed E-state index contributed by atoms with van der Waals surface area (Å²) >= 11 is 0. The van der Waals surface area contributed by atoms with Gasteiger partial charge in [-0.05, 0) is 70.6 Å². The van der Waals surface area contributed by atoms with Crippen molar-refractivity contribution in [3.05, 3.63) is 85.1 Å². The molecular weight excluding hydrogens is 659 g/mol. The molecule has 8 nitrogen and oxygen atoms in total. The zero-order valence-corrected chi connectivity index (χ0v) is 33.7. The second kappa shape index (κ2) is 33.5. The van der Waals surface area contributed by atoms with Gasteiger partial charge >= 0.3 is 7.82 Å². The smallest absolute Gasteiger partial charge is 0.387 e. The molecule has 0 heterocycles. The van der Waals surface area contributed by atoms with Gasteiger partial charge in [0.05, 0.1) is 39.9 Å². The Hall–Kier alpha value is -2.32. The van der Waals surface area contributed by atoms with Crippen LogP contribution in [-0.2, 0) is 18.4 Å². The Balaban J connectivity index is 4.69. The van der Waals surface area contributed by atoms with Gasteiger partial charge < -0.3 is 19.8 Å². The summed E-state index contributed by atoms with van der Waals surface area (Å²) < 4.78 is 23.4. The number of phosphoric ester groups is 1. The van der Waals surface area contributed by atoms with Crippen LogP contribution in [-0.4, -0.2) is 73.4 Å². The summed E-state index contributed by atoms with van der Waals surface area (Å²) in [4.78, 5) is 23.0. The number of nitrogens with zero attached hydrogens (tertiary/aromatic N) is 1. The molecule has 0 spiro atoms. The Labute approximate surface area is 312 Å². The molecular formula is C42H74N2O6P+. The SMILES string of the molecule is CC/C=C\C/C=C\C/C=C\C/C=C\C/C=C\CCCC(=O)NC(COP(=O)(O)OCC[N+](C)(C)C)C(O)/C=C/CC/C=C/CCCCCCCC. The molecule has 3 unspecified atom stereocenters. The van der Waals surface area contributed by atoms with Crippen molar-refractivity contribution < 1.29 is 32.9 Å². The molecule has 0 aliphatic rings. The van der Waals surface area contributed by atoms with Crippen LogP contribution in [0.3, 0.4) is 0 Å². The number of unbranched alkanes of at least 4 members (excludes halogenated alkanes) is 8. The highest BCUT2D eigenvalue weighted by molar-refractivity contribution is 7.47. The Morgan fingerprint density at radius 3 is 1.80 bits per heavy atom. The number of aliphatic hydroxyl groups is 1. The quantitative estimate of drug-likeness (QED) is 0.0268. The molecule has 292 valence electrons. The maximum absolute atomic E-state index is 12.8. The van der Waals surface area contributed by atoms with Crippen LogP contribution in [0.15, 0.2) is 85.1 Å². The first-order valence-corrected chi connectivity index (χ1v) is 21.0. The van der Waals surface area contributed by atoms with E-state index in [9.17, 15) is 19.4 Å². The van der Waals surface area contributed by atoms with Crippen LogP contribution >= 0.6 is 7.82 Å². The van der Waals surface area contributed by atoms with Gasteiger partial charge in [-0.2, -0.15) is 0 Å². The van der Waals surface area contributed by atoms with E-state index in [1.807, 2.05) is 27.2 Å². The van der Waals surface area contributed by atoms with Crippen LogP contribution in [0.4, 0.5) is 0 Å². The first kappa shape index (κ1) is 48.7. The maximum atomic E-state index is 12.8. The van der Waals surface area contributed by atoms with E-state index in [4.69, 9.17) is 9.05 Å². The summed E-state index contributed by atoms with van der Waals surface area (Å²) in [5.74, 6) is -0.250.